The van der Waals surface area contributed by atoms with Gasteiger partial charge in [0.1, 0.15) is 23.0 Å². The molecule has 10 heteroatoms. The molecule has 1 N–H and O–H groups in total. The Kier molecular flexibility index (Phi) is 5.23. The summed E-state index contributed by atoms with van der Waals surface area (Å²) in [5.74, 6) is -0.560. The van der Waals surface area contributed by atoms with Crippen molar-refractivity contribution in [3.05, 3.63) is 80.5 Å². The second-order valence-corrected chi connectivity index (χ2v) is 8.78. The minimum absolute atomic E-state index is 0.0231. The number of aryl methyl sites for hydroxylation is 1. The highest BCUT2D eigenvalue weighted by Gasteiger charge is 2.22. The molecule has 0 unspecified atom stereocenters. The van der Waals surface area contributed by atoms with E-state index in [0.717, 1.165) is 10.3 Å². The molecule has 9 nitrogen and oxygen atoms in total. The van der Waals surface area contributed by atoms with Gasteiger partial charge in [0.15, 0.2) is 0 Å². The third-order valence-corrected chi connectivity index (χ3v) is 5.32. The number of hydrogen-bond acceptors (Lipinski definition) is 5. The summed E-state index contributed by atoms with van der Waals surface area (Å²) in [7, 11) is 2.87. The minimum Gasteiger partial charge on any atom is -0.305 e. The molecule has 0 fully saturated rings. The van der Waals surface area contributed by atoms with Gasteiger partial charge in [0.05, 0.1) is 16.8 Å². The summed E-state index contributed by atoms with van der Waals surface area (Å²) in [6, 6.07) is 10.4. The number of nitrogens with one attached hydrogen (secondary N) is 1. The quantitative estimate of drug-likeness (QED) is 0.517. The first-order valence-corrected chi connectivity index (χ1v) is 10.2. The third kappa shape index (κ3) is 3.95. The predicted octanol–water partition coefficient (Wildman–Crippen LogP) is 2.51. The van der Waals surface area contributed by atoms with Crippen molar-refractivity contribution in [3.8, 4) is 5.69 Å². The highest BCUT2D eigenvalue weighted by Crippen LogP contribution is 2.26. The van der Waals surface area contributed by atoms with E-state index in [2.05, 4.69) is 15.4 Å². The lowest BCUT2D eigenvalue weighted by atomic mass is 9.92. The minimum atomic E-state index is -0.547. The van der Waals surface area contributed by atoms with Crippen molar-refractivity contribution in [2.45, 2.75) is 26.2 Å². The van der Waals surface area contributed by atoms with Crippen LogP contribution in [-0.2, 0) is 19.5 Å². The van der Waals surface area contributed by atoms with Gasteiger partial charge in [0, 0.05) is 25.6 Å². The summed E-state index contributed by atoms with van der Waals surface area (Å²) < 4.78 is 17.1. The molecular weight excluding hydrogens is 427 g/mol. The van der Waals surface area contributed by atoms with Crippen molar-refractivity contribution >= 4 is 22.8 Å². The number of fused-ring (bicyclic) bond motifs is 1. The van der Waals surface area contributed by atoms with Gasteiger partial charge in [-0.1, -0.05) is 20.8 Å². The van der Waals surface area contributed by atoms with Gasteiger partial charge in [-0.05, 0) is 36.4 Å². The molecule has 0 aliphatic rings. The second-order valence-electron chi connectivity index (χ2n) is 8.78. The Labute approximate surface area is 188 Å². The van der Waals surface area contributed by atoms with Gasteiger partial charge in [-0.15, -0.1) is 0 Å². The van der Waals surface area contributed by atoms with Crippen molar-refractivity contribution in [1.29, 1.82) is 0 Å². The number of amides is 1. The van der Waals surface area contributed by atoms with E-state index in [1.807, 2.05) is 20.8 Å². The molecule has 0 bridgehead atoms. The molecular formula is C23H23FN6O3. The third-order valence-electron chi connectivity index (χ3n) is 5.32. The largest absolute Gasteiger partial charge is 0.332 e. The lowest BCUT2D eigenvalue weighted by molar-refractivity contribution is 0.102. The lowest BCUT2D eigenvalue weighted by Gasteiger charge is -2.14. The molecule has 170 valence electrons. The van der Waals surface area contributed by atoms with Crippen LogP contribution in [0.25, 0.3) is 16.7 Å². The van der Waals surface area contributed by atoms with Gasteiger partial charge < -0.3 is 5.32 Å². The van der Waals surface area contributed by atoms with Crippen LogP contribution in [0, 0.1) is 5.82 Å². The van der Waals surface area contributed by atoms with Crippen LogP contribution in [0.15, 0.2) is 52.1 Å². The van der Waals surface area contributed by atoms with Gasteiger partial charge in [0.2, 0.25) is 0 Å². The number of benzene rings is 1. The molecule has 3 aromatic heterocycles. The first-order chi connectivity index (χ1) is 15.5. The van der Waals surface area contributed by atoms with Crippen LogP contribution in [0.5, 0.6) is 0 Å². The van der Waals surface area contributed by atoms with Crippen molar-refractivity contribution in [3.63, 3.8) is 0 Å². The molecule has 0 aliphatic heterocycles. The summed E-state index contributed by atoms with van der Waals surface area (Å²) in [5, 5.41) is 7.61. The topological polar surface area (TPSA) is 104 Å². The number of halogens is 1. The normalized spacial score (nSPS) is 11.7. The Morgan fingerprint density at radius 1 is 1.00 bits per heavy atom. The standard InChI is InChI=1S/C23H23FN6O3/c1-23(2,3)17-12-18(30(27-17)14-8-6-13(24)7-9-14)26-20(31)16-11-10-15-19(25-16)28(4)22(33)29(5)21(15)32/h6-12H,1-5H3,(H,26,31). The van der Waals surface area contributed by atoms with E-state index >= 15 is 0 Å². The molecule has 0 atom stereocenters. The number of nitrogens with zero attached hydrogens (tertiary/aromatic N) is 5. The smallest absolute Gasteiger partial charge is 0.305 e. The van der Waals surface area contributed by atoms with E-state index in [9.17, 15) is 18.8 Å². The maximum absolute atomic E-state index is 13.4. The van der Waals surface area contributed by atoms with Gasteiger partial charge in [-0.25, -0.2) is 18.9 Å². The van der Waals surface area contributed by atoms with E-state index in [0.29, 0.717) is 11.5 Å². The SMILES string of the molecule is Cn1c(=O)c2ccc(C(=O)Nc3cc(C(C)(C)C)nn3-c3ccc(F)cc3)nc2n(C)c1=O. The number of pyridine rings is 1. The Morgan fingerprint density at radius 3 is 2.30 bits per heavy atom. The number of anilines is 1. The first-order valence-electron chi connectivity index (χ1n) is 10.2. The first kappa shape index (κ1) is 22.1. The zero-order valence-corrected chi connectivity index (χ0v) is 18.9. The van der Waals surface area contributed by atoms with Crippen molar-refractivity contribution in [2.24, 2.45) is 14.1 Å². The van der Waals surface area contributed by atoms with Crippen LogP contribution >= 0.6 is 0 Å². The summed E-state index contributed by atoms with van der Waals surface area (Å²) in [6.07, 6.45) is 0. The maximum Gasteiger partial charge on any atom is 0.332 e. The van der Waals surface area contributed by atoms with Crippen LogP contribution in [-0.4, -0.2) is 29.8 Å². The monoisotopic (exact) mass is 450 g/mol. The van der Waals surface area contributed by atoms with Crippen molar-refractivity contribution in [2.75, 3.05) is 5.32 Å². The van der Waals surface area contributed by atoms with E-state index in [4.69, 9.17) is 0 Å². The van der Waals surface area contributed by atoms with Crippen molar-refractivity contribution < 1.29 is 9.18 Å². The lowest BCUT2D eigenvalue weighted by Crippen LogP contribution is -2.37. The van der Waals surface area contributed by atoms with Crippen molar-refractivity contribution in [1.82, 2.24) is 23.9 Å². The molecule has 33 heavy (non-hydrogen) atoms. The molecule has 0 aliphatic carbocycles. The average Bonchev–Trinajstić information content (AvgIpc) is 3.20. The highest BCUT2D eigenvalue weighted by molar-refractivity contribution is 6.03. The summed E-state index contributed by atoms with van der Waals surface area (Å²) >= 11 is 0. The molecule has 4 rings (SSSR count). The fourth-order valence-electron chi connectivity index (χ4n) is 3.38. The highest BCUT2D eigenvalue weighted by atomic mass is 19.1. The van der Waals surface area contributed by atoms with Gasteiger partial charge in [-0.3, -0.25) is 18.7 Å². The number of carbonyl (C=O) groups excluding carboxylic acids is 1. The molecule has 4 aromatic rings. The fourth-order valence-corrected chi connectivity index (χ4v) is 3.38. The Balaban J connectivity index is 1.78. The van der Waals surface area contributed by atoms with Gasteiger partial charge in [0.25, 0.3) is 11.5 Å². The fraction of sp³-hybridized carbons (Fsp3) is 0.261. The Hall–Kier alpha value is -4.08. The summed E-state index contributed by atoms with van der Waals surface area (Å²) in [5.41, 5.74) is 0.0928. The van der Waals surface area contributed by atoms with E-state index < -0.39 is 17.2 Å². The Morgan fingerprint density at radius 2 is 1.67 bits per heavy atom. The van der Waals surface area contributed by atoms with Gasteiger partial charge >= 0.3 is 5.69 Å². The van der Waals surface area contributed by atoms with Crippen LogP contribution in [0.1, 0.15) is 37.0 Å². The molecule has 1 amide bonds. The van der Waals surface area contributed by atoms with Gasteiger partial charge in [-0.2, -0.15) is 5.10 Å². The Bertz CT molecular complexity index is 1510. The molecule has 0 saturated heterocycles. The second kappa shape index (κ2) is 7.80. The number of aromatic nitrogens is 5. The van der Waals surface area contributed by atoms with E-state index in [-0.39, 0.29) is 28.0 Å². The van der Waals surface area contributed by atoms with Crippen LogP contribution < -0.4 is 16.6 Å². The van der Waals surface area contributed by atoms with Crippen LogP contribution in [0.4, 0.5) is 10.2 Å². The molecule has 3 heterocycles. The van der Waals surface area contributed by atoms with E-state index in [1.165, 1.54) is 47.6 Å². The molecule has 0 spiro atoms. The van der Waals surface area contributed by atoms with Crippen LogP contribution in [0.2, 0.25) is 0 Å². The van der Waals surface area contributed by atoms with Crippen LogP contribution in [0.3, 0.4) is 0 Å². The van der Waals surface area contributed by atoms with E-state index in [1.54, 1.807) is 18.2 Å². The summed E-state index contributed by atoms with van der Waals surface area (Å²) in [6.45, 7) is 5.96. The molecule has 1 aromatic carbocycles. The summed E-state index contributed by atoms with van der Waals surface area (Å²) in [4.78, 5) is 41.9. The molecule has 0 radical (unpaired) electrons. The zero-order valence-electron chi connectivity index (χ0n) is 18.9. The number of rotatable bonds is 3. The predicted molar refractivity (Wildman–Crippen MR) is 122 cm³/mol. The maximum atomic E-state index is 13.4. The number of hydrogen-bond donors (Lipinski definition) is 1. The molecule has 0 saturated carbocycles. The zero-order chi connectivity index (χ0) is 24.1. The average molecular weight is 450 g/mol. The number of carbonyl (C=O) groups is 1.